The second kappa shape index (κ2) is 6.23. The Bertz CT molecular complexity index is 908. The molecule has 0 N–H and O–H groups in total. The summed E-state index contributed by atoms with van der Waals surface area (Å²) in [6, 6.07) is 8.41. The van der Waals surface area contributed by atoms with E-state index in [0.29, 0.717) is 11.0 Å². The standard InChI is InChI=1S/C15H12F3N3O2S/c1-10-13(23-8-15(16,17)18)6-7-19-14(10)24(22)21-9-20-11-4-2-3-5-12(11)21/h2-7,9H,8H2,1H3. The highest BCUT2D eigenvalue weighted by molar-refractivity contribution is 7.83. The number of hydrogen-bond acceptors (Lipinski definition) is 4. The van der Waals surface area contributed by atoms with Gasteiger partial charge < -0.3 is 4.74 Å². The molecule has 3 aromatic rings. The number of pyridine rings is 1. The number of fused-ring (bicyclic) bond motifs is 1. The van der Waals surface area contributed by atoms with Crippen molar-refractivity contribution >= 4 is 22.0 Å². The van der Waals surface area contributed by atoms with Crippen molar-refractivity contribution in [3.05, 3.63) is 48.4 Å². The molecule has 0 aliphatic rings. The molecule has 0 spiro atoms. The van der Waals surface area contributed by atoms with E-state index in [4.69, 9.17) is 4.74 Å². The van der Waals surface area contributed by atoms with Crippen molar-refractivity contribution in [1.29, 1.82) is 0 Å². The van der Waals surface area contributed by atoms with Crippen LogP contribution < -0.4 is 4.74 Å². The van der Waals surface area contributed by atoms with E-state index in [1.807, 2.05) is 0 Å². The van der Waals surface area contributed by atoms with E-state index in [9.17, 15) is 17.4 Å². The van der Waals surface area contributed by atoms with Gasteiger partial charge in [0.25, 0.3) is 0 Å². The van der Waals surface area contributed by atoms with Crippen molar-refractivity contribution in [1.82, 2.24) is 13.9 Å². The molecular weight excluding hydrogens is 343 g/mol. The monoisotopic (exact) mass is 355 g/mol. The van der Waals surface area contributed by atoms with Gasteiger partial charge in [-0.05, 0) is 25.1 Å². The maximum atomic E-state index is 12.8. The lowest BCUT2D eigenvalue weighted by molar-refractivity contribution is -0.153. The van der Waals surface area contributed by atoms with E-state index in [1.54, 1.807) is 24.3 Å². The highest BCUT2D eigenvalue weighted by Gasteiger charge is 2.29. The number of aromatic nitrogens is 3. The lowest BCUT2D eigenvalue weighted by atomic mass is 10.3. The molecule has 0 radical (unpaired) electrons. The van der Waals surface area contributed by atoms with Gasteiger partial charge in [0, 0.05) is 11.8 Å². The van der Waals surface area contributed by atoms with Crippen LogP contribution in [-0.4, -0.2) is 30.9 Å². The average Bonchev–Trinajstić information content (AvgIpc) is 2.96. The van der Waals surface area contributed by atoms with E-state index in [0.717, 1.165) is 0 Å². The molecule has 0 amide bonds. The highest BCUT2D eigenvalue weighted by Crippen LogP contribution is 2.26. The predicted octanol–water partition coefficient (Wildman–Crippen LogP) is 3.25. The summed E-state index contributed by atoms with van der Waals surface area (Å²) >= 11 is 0. The van der Waals surface area contributed by atoms with Crippen LogP contribution in [0.25, 0.3) is 11.0 Å². The third-order valence-corrected chi connectivity index (χ3v) is 4.66. The van der Waals surface area contributed by atoms with Crippen LogP contribution in [0.2, 0.25) is 0 Å². The fourth-order valence-corrected chi connectivity index (χ4v) is 3.32. The summed E-state index contributed by atoms with van der Waals surface area (Å²) in [5.41, 5.74) is 1.59. The Kier molecular flexibility index (Phi) is 4.27. The third kappa shape index (κ3) is 3.25. The molecule has 0 bridgehead atoms. The summed E-state index contributed by atoms with van der Waals surface area (Å²) in [4.78, 5) is 8.18. The number of para-hydroxylation sites is 2. The van der Waals surface area contributed by atoms with Crippen LogP contribution in [0, 0.1) is 6.92 Å². The lowest BCUT2D eigenvalue weighted by Crippen LogP contribution is -2.20. The fraction of sp³-hybridized carbons (Fsp3) is 0.200. The van der Waals surface area contributed by atoms with Crippen LogP contribution in [0.1, 0.15) is 5.56 Å². The predicted molar refractivity (Wildman–Crippen MR) is 82.1 cm³/mol. The van der Waals surface area contributed by atoms with Crippen molar-refractivity contribution in [2.75, 3.05) is 6.61 Å². The minimum absolute atomic E-state index is 0.00454. The Hall–Kier alpha value is -2.42. The quantitative estimate of drug-likeness (QED) is 0.721. The van der Waals surface area contributed by atoms with Crippen molar-refractivity contribution in [2.24, 2.45) is 0 Å². The maximum Gasteiger partial charge on any atom is 0.422 e. The van der Waals surface area contributed by atoms with Gasteiger partial charge in [0.1, 0.15) is 12.1 Å². The largest absolute Gasteiger partial charge is 0.484 e. The van der Waals surface area contributed by atoms with E-state index in [1.165, 1.54) is 29.5 Å². The molecule has 0 aliphatic carbocycles. The van der Waals surface area contributed by atoms with Crippen LogP contribution in [0.15, 0.2) is 47.9 Å². The van der Waals surface area contributed by atoms with Gasteiger partial charge in [-0.3, -0.25) is 0 Å². The number of imidazole rings is 1. The number of alkyl halides is 3. The molecule has 0 aliphatic heterocycles. The number of nitrogens with zero attached hydrogens (tertiary/aromatic N) is 3. The molecule has 2 aromatic heterocycles. The Balaban J connectivity index is 1.96. The Labute approximate surface area is 137 Å². The SMILES string of the molecule is Cc1c(OCC(F)(F)F)ccnc1S(=O)n1cnc2ccccc21. The van der Waals surface area contributed by atoms with E-state index in [-0.39, 0.29) is 16.3 Å². The van der Waals surface area contributed by atoms with E-state index >= 15 is 0 Å². The van der Waals surface area contributed by atoms with Gasteiger partial charge in [0.15, 0.2) is 22.6 Å². The van der Waals surface area contributed by atoms with Crippen LogP contribution >= 0.6 is 0 Å². The molecule has 0 saturated carbocycles. The Morgan fingerprint density at radius 1 is 1.21 bits per heavy atom. The van der Waals surface area contributed by atoms with Gasteiger partial charge in [-0.25, -0.2) is 18.1 Å². The Morgan fingerprint density at radius 3 is 2.71 bits per heavy atom. The van der Waals surface area contributed by atoms with Crippen LogP contribution in [-0.2, 0) is 11.0 Å². The van der Waals surface area contributed by atoms with Crippen molar-refractivity contribution < 1.29 is 22.1 Å². The average molecular weight is 355 g/mol. The zero-order chi connectivity index (χ0) is 17.3. The van der Waals surface area contributed by atoms with Crippen molar-refractivity contribution in [2.45, 2.75) is 18.1 Å². The molecule has 1 aromatic carbocycles. The third-order valence-electron chi connectivity index (χ3n) is 3.26. The van der Waals surface area contributed by atoms with Gasteiger partial charge in [-0.15, -0.1) is 0 Å². The Morgan fingerprint density at radius 2 is 1.96 bits per heavy atom. The van der Waals surface area contributed by atoms with E-state index in [2.05, 4.69) is 9.97 Å². The molecular formula is C15H12F3N3O2S. The topological polar surface area (TPSA) is 57.0 Å². The van der Waals surface area contributed by atoms with Crippen molar-refractivity contribution in [3.63, 3.8) is 0 Å². The summed E-state index contributed by atoms with van der Waals surface area (Å²) in [6.07, 6.45) is -1.77. The summed E-state index contributed by atoms with van der Waals surface area (Å²) < 4.78 is 55.9. The minimum atomic E-state index is -4.45. The zero-order valence-electron chi connectivity index (χ0n) is 12.4. The number of benzene rings is 1. The molecule has 0 fully saturated rings. The number of ether oxygens (including phenoxy) is 1. The first-order valence-electron chi connectivity index (χ1n) is 6.86. The molecule has 24 heavy (non-hydrogen) atoms. The number of halogens is 3. The van der Waals surface area contributed by atoms with Crippen LogP contribution in [0.4, 0.5) is 13.2 Å². The van der Waals surface area contributed by atoms with Gasteiger partial charge >= 0.3 is 6.18 Å². The second-order valence-electron chi connectivity index (χ2n) is 4.95. The van der Waals surface area contributed by atoms with Gasteiger partial charge in [0.2, 0.25) is 0 Å². The zero-order valence-corrected chi connectivity index (χ0v) is 13.3. The molecule has 2 heterocycles. The van der Waals surface area contributed by atoms with E-state index < -0.39 is 23.8 Å². The summed E-state index contributed by atoms with van der Waals surface area (Å²) in [7, 11) is -1.76. The van der Waals surface area contributed by atoms with Crippen molar-refractivity contribution in [3.8, 4) is 5.75 Å². The number of hydrogen-bond donors (Lipinski definition) is 0. The summed E-state index contributed by atoms with van der Waals surface area (Å²) in [6.45, 7) is 0.100. The van der Waals surface area contributed by atoms with Crippen LogP contribution in [0.3, 0.4) is 0 Å². The second-order valence-corrected chi connectivity index (χ2v) is 6.23. The first-order chi connectivity index (χ1) is 11.4. The van der Waals surface area contributed by atoms with Gasteiger partial charge in [-0.1, -0.05) is 12.1 Å². The molecule has 126 valence electrons. The maximum absolute atomic E-state index is 12.8. The number of rotatable bonds is 4. The first kappa shape index (κ1) is 16.4. The molecule has 1 atom stereocenters. The van der Waals surface area contributed by atoms with Gasteiger partial charge in [0.05, 0.1) is 11.0 Å². The first-order valence-corrected chi connectivity index (χ1v) is 7.97. The fourth-order valence-electron chi connectivity index (χ4n) is 2.15. The smallest absolute Gasteiger partial charge is 0.422 e. The molecule has 1 unspecified atom stereocenters. The molecule has 9 heteroatoms. The molecule has 3 rings (SSSR count). The summed E-state index contributed by atoms with van der Waals surface area (Å²) in [5.74, 6) is -0.00454. The van der Waals surface area contributed by atoms with Gasteiger partial charge in [-0.2, -0.15) is 13.2 Å². The minimum Gasteiger partial charge on any atom is -0.484 e. The van der Waals surface area contributed by atoms with Crippen LogP contribution in [0.5, 0.6) is 5.75 Å². The highest BCUT2D eigenvalue weighted by atomic mass is 32.2. The molecule has 5 nitrogen and oxygen atoms in total. The lowest BCUT2D eigenvalue weighted by Gasteiger charge is -2.13. The summed E-state index contributed by atoms with van der Waals surface area (Å²) in [5, 5.41) is 0.123. The normalized spacial score (nSPS) is 13.2. The molecule has 0 saturated heterocycles.